The molecule has 130 valence electrons. The van der Waals surface area contributed by atoms with Crippen molar-refractivity contribution in [2.24, 2.45) is 0 Å². The molecule has 1 aromatic carbocycles. The summed E-state index contributed by atoms with van der Waals surface area (Å²) in [5.74, 6) is -2.72. The van der Waals surface area contributed by atoms with Gasteiger partial charge in [-0.05, 0) is 25.0 Å². The standard InChI is InChI=1S/C13H16F2.C7H16.U/c1-4-6-11-7-10(3)8-12(9-11)13(14,15)5-2;1-3-5-7-6-4-2;/h4,7-9H,1,5-6H2,2-3H3;3-7H2,1-2H3;. The van der Waals surface area contributed by atoms with E-state index in [0.717, 1.165) is 11.1 Å². The zero-order valence-corrected chi connectivity index (χ0v) is 19.4. The zero-order valence-electron chi connectivity index (χ0n) is 15.2. The van der Waals surface area contributed by atoms with E-state index in [2.05, 4.69) is 20.4 Å². The molecular formula is C20H32F2U. The van der Waals surface area contributed by atoms with Gasteiger partial charge in [-0.3, -0.25) is 0 Å². The number of benzene rings is 1. The molecule has 0 N–H and O–H groups in total. The minimum atomic E-state index is -2.72. The molecular weight excluding hydrogens is 516 g/mol. The summed E-state index contributed by atoms with van der Waals surface area (Å²) in [5.41, 5.74) is 1.88. The molecule has 0 atom stereocenters. The van der Waals surface area contributed by atoms with Gasteiger partial charge >= 0.3 is 0 Å². The Morgan fingerprint density at radius 2 is 1.57 bits per heavy atom. The first-order valence-electron chi connectivity index (χ1n) is 8.50. The smallest absolute Gasteiger partial charge is 0.201 e. The fraction of sp³-hybridized carbons (Fsp3) is 0.600. The molecule has 0 bridgehead atoms. The summed E-state index contributed by atoms with van der Waals surface area (Å²) >= 11 is 0. The van der Waals surface area contributed by atoms with E-state index in [4.69, 9.17) is 0 Å². The molecule has 0 spiro atoms. The van der Waals surface area contributed by atoms with E-state index < -0.39 is 5.92 Å². The molecule has 1 aromatic rings. The molecule has 0 nitrogen and oxygen atoms in total. The molecule has 0 radical (unpaired) electrons. The minimum Gasteiger partial charge on any atom is -0.201 e. The molecule has 0 saturated carbocycles. The van der Waals surface area contributed by atoms with E-state index in [-0.39, 0.29) is 43.1 Å². The van der Waals surface area contributed by atoms with Crippen LogP contribution in [0.4, 0.5) is 8.78 Å². The Hall–Kier alpha value is -0.128. The van der Waals surface area contributed by atoms with Crippen molar-refractivity contribution in [2.45, 2.75) is 78.6 Å². The van der Waals surface area contributed by atoms with Gasteiger partial charge in [0.25, 0.3) is 5.92 Å². The molecule has 0 amide bonds. The molecule has 0 aliphatic carbocycles. The van der Waals surface area contributed by atoms with E-state index >= 15 is 0 Å². The second-order valence-corrected chi connectivity index (χ2v) is 5.82. The van der Waals surface area contributed by atoms with Crippen LogP contribution < -0.4 is 0 Å². The van der Waals surface area contributed by atoms with Crippen LogP contribution in [0.3, 0.4) is 0 Å². The summed E-state index contributed by atoms with van der Waals surface area (Å²) in [5, 5.41) is 0. The second kappa shape index (κ2) is 14.2. The fourth-order valence-corrected chi connectivity index (χ4v) is 2.24. The van der Waals surface area contributed by atoms with E-state index in [1.54, 1.807) is 18.2 Å². The largest absolute Gasteiger partial charge is 0.273 e. The van der Waals surface area contributed by atoms with Gasteiger partial charge in [-0.2, -0.15) is 0 Å². The first kappa shape index (κ1) is 25.1. The monoisotopic (exact) mass is 548 g/mol. The maximum atomic E-state index is 13.5. The first-order valence-corrected chi connectivity index (χ1v) is 8.50. The summed E-state index contributed by atoms with van der Waals surface area (Å²) in [6.45, 7) is 11.4. The van der Waals surface area contributed by atoms with Gasteiger partial charge in [-0.15, -0.1) is 6.58 Å². The van der Waals surface area contributed by atoms with Crippen molar-refractivity contribution >= 4 is 0 Å². The summed E-state index contributed by atoms with van der Waals surface area (Å²) < 4.78 is 26.9. The van der Waals surface area contributed by atoms with Crippen molar-refractivity contribution in [1.82, 2.24) is 0 Å². The predicted octanol–water partition coefficient (Wildman–Crippen LogP) is 7.20. The number of hydrogen-bond acceptors (Lipinski definition) is 0. The van der Waals surface area contributed by atoms with Crippen molar-refractivity contribution in [3.8, 4) is 0 Å². The Kier molecular flexibility index (Phi) is 15.5. The SMILES string of the molecule is C=CCc1cc(C)cc(C(F)(F)CC)c1.CCCCCCC.[U]. The summed E-state index contributed by atoms with van der Waals surface area (Å²) in [6, 6.07) is 5.03. The zero-order chi connectivity index (χ0) is 17.0. The summed E-state index contributed by atoms with van der Waals surface area (Å²) in [6.07, 6.45) is 9.20. The van der Waals surface area contributed by atoms with Crippen molar-refractivity contribution in [3.63, 3.8) is 0 Å². The van der Waals surface area contributed by atoms with E-state index in [1.807, 2.05) is 13.0 Å². The van der Waals surface area contributed by atoms with E-state index in [0.29, 0.717) is 6.42 Å². The number of hydrogen-bond donors (Lipinski definition) is 0. The van der Waals surface area contributed by atoms with Crippen LogP contribution in [-0.2, 0) is 12.3 Å². The molecule has 0 unspecified atom stereocenters. The third-order valence-corrected chi connectivity index (χ3v) is 3.59. The molecule has 0 aromatic heterocycles. The number of aryl methyl sites for hydroxylation is 1. The van der Waals surface area contributed by atoms with Crippen LogP contribution in [0.15, 0.2) is 30.9 Å². The Bertz CT molecular complexity index is 424. The molecule has 0 saturated heterocycles. The Labute approximate surface area is 165 Å². The van der Waals surface area contributed by atoms with Crippen LogP contribution in [0, 0.1) is 38.0 Å². The van der Waals surface area contributed by atoms with Gasteiger partial charge in [0.1, 0.15) is 0 Å². The van der Waals surface area contributed by atoms with Gasteiger partial charge in [-0.25, -0.2) is 8.78 Å². The number of rotatable bonds is 8. The topological polar surface area (TPSA) is 0 Å². The van der Waals surface area contributed by atoms with Crippen molar-refractivity contribution in [1.29, 1.82) is 0 Å². The number of allylic oxidation sites excluding steroid dienone is 1. The minimum absolute atomic E-state index is 0. The van der Waals surface area contributed by atoms with Crippen molar-refractivity contribution in [2.75, 3.05) is 0 Å². The van der Waals surface area contributed by atoms with Crippen molar-refractivity contribution in [3.05, 3.63) is 47.5 Å². The molecule has 0 aliphatic heterocycles. The third-order valence-electron chi connectivity index (χ3n) is 3.59. The van der Waals surface area contributed by atoms with Crippen LogP contribution in [0.25, 0.3) is 0 Å². The molecule has 1 rings (SSSR count). The van der Waals surface area contributed by atoms with Crippen LogP contribution in [0.2, 0.25) is 0 Å². The average Bonchev–Trinajstić information content (AvgIpc) is 2.48. The number of halogens is 2. The number of alkyl halides is 2. The van der Waals surface area contributed by atoms with E-state index in [9.17, 15) is 8.78 Å². The van der Waals surface area contributed by atoms with Gasteiger partial charge in [0.05, 0.1) is 0 Å². The molecule has 0 fully saturated rings. The van der Waals surface area contributed by atoms with Crippen molar-refractivity contribution < 1.29 is 39.9 Å². The maximum Gasteiger partial charge on any atom is 0.273 e. The van der Waals surface area contributed by atoms with E-state index in [1.165, 1.54) is 39.0 Å². The maximum absolute atomic E-state index is 13.5. The average molecular weight is 549 g/mol. The summed E-state index contributed by atoms with van der Waals surface area (Å²) in [4.78, 5) is 0. The Balaban J connectivity index is 0. The molecule has 23 heavy (non-hydrogen) atoms. The fourth-order valence-electron chi connectivity index (χ4n) is 2.24. The van der Waals surface area contributed by atoms with Gasteiger partial charge in [0.2, 0.25) is 0 Å². The van der Waals surface area contributed by atoms with Gasteiger partial charge in [-0.1, -0.05) is 76.6 Å². The van der Waals surface area contributed by atoms with Crippen LogP contribution in [0.1, 0.15) is 76.0 Å². The first-order chi connectivity index (χ1) is 10.4. The number of unbranched alkanes of at least 4 members (excludes halogenated alkanes) is 4. The second-order valence-electron chi connectivity index (χ2n) is 5.82. The van der Waals surface area contributed by atoms with Gasteiger partial charge in [0.15, 0.2) is 0 Å². The van der Waals surface area contributed by atoms with Crippen LogP contribution in [-0.4, -0.2) is 0 Å². The third kappa shape index (κ3) is 11.1. The van der Waals surface area contributed by atoms with Crippen LogP contribution >= 0.6 is 0 Å². The van der Waals surface area contributed by atoms with Crippen LogP contribution in [0.5, 0.6) is 0 Å². The molecule has 0 heterocycles. The van der Waals surface area contributed by atoms with Gasteiger partial charge < -0.3 is 0 Å². The molecule has 3 heteroatoms. The Morgan fingerprint density at radius 3 is 2.00 bits per heavy atom. The Morgan fingerprint density at radius 1 is 1.00 bits per heavy atom. The van der Waals surface area contributed by atoms with Gasteiger partial charge in [0, 0.05) is 43.1 Å². The normalized spacial score (nSPS) is 10.3. The summed E-state index contributed by atoms with van der Waals surface area (Å²) in [7, 11) is 0. The predicted molar refractivity (Wildman–Crippen MR) is 93.7 cm³/mol. The molecule has 0 aliphatic rings. The quantitative estimate of drug-likeness (QED) is 0.238.